The summed E-state index contributed by atoms with van der Waals surface area (Å²) in [6, 6.07) is 0. The Bertz CT molecular complexity index is 420. The summed E-state index contributed by atoms with van der Waals surface area (Å²) in [7, 11) is 0.285. The van der Waals surface area contributed by atoms with E-state index in [9.17, 15) is 0 Å². The maximum absolute atomic E-state index is 2.45. The molecule has 0 N–H and O–H groups in total. The molecule has 8 saturated carbocycles. The Balaban J connectivity index is 1.37. The van der Waals surface area contributed by atoms with Crippen molar-refractivity contribution in [2.45, 2.75) is 107 Å². The molecule has 0 spiro atoms. The minimum atomic E-state index is 0.285. The van der Waals surface area contributed by atoms with Crippen LogP contribution in [0.15, 0.2) is 0 Å². The molecule has 8 rings (SSSR count). The molecule has 1 heteroatoms. The maximum Gasteiger partial charge on any atom is -0.00815 e. The Hall–Kier alpha value is 0.430. The zero-order valence-electron chi connectivity index (χ0n) is 16.5. The molecule has 0 saturated heterocycles. The molecule has 0 heterocycles. The largest absolute Gasteiger partial charge is 0.0939 e. The lowest BCUT2D eigenvalue weighted by atomic mass is 9.55. The van der Waals surface area contributed by atoms with Crippen molar-refractivity contribution < 1.29 is 0 Å². The van der Waals surface area contributed by atoms with Gasteiger partial charge in [-0.05, 0) is 135 Å². The van der Waals surface area contributed by atoms with Gasteiger partial charge in [0.2, 0.25) is 0 Å². The average Bonchev–Trinajstić information content (AvgIpc) is 2.52. The van der Waals surface area contributed by atoms with E-state index in [0.717, 1.165) is 45.8 Å². The maximum atomic E-state index is 2.45. The molecule has 25 heavy (non-hydrogen) atoms. The van der Waals surface area contributed by atoms with Crippen LogP contribution in [-0.2, 0) is 0 Å². The summed E-state index contributed by atoms with van der Waals surface area (Å²) >= 11 is 0. The zero-order valence-corrected chi connectivity index (χ0v) is 17.4. The average molecular weight is 359 g/mol. The van der Waals surface area contributed by atoms with Crippen LogP contribution in [0.1, 0.15) is 96.8 Å². The Labute approximate surface area is 157 Å². The molecule has 0 amide bonds. The van der Waals surface area contributed by atoms with Crippen LogP contribution in [0.3, 0.4) is 0 Å². The van der Waals surface area contributed by atoms with Crippen molar-refractivity contribution in [2.24, 2.45) is 35.5 Å². The SMILES string of the molecule is CCCCP([C@]12CC3C[C@H](C[C@H](C3)C1)C2)[C@]12C[C@H]3C[C@H](C[C@H](C3)C1)C2. The third-order valence-corrected chi connectivity index (χ3v) is 14.0. The van der Waals surface area contributed by atoms with Crippen molar-refractivity contribution in [3.05, 3.63) is 0 Å². The molecule has 8 aliphatic carbocycles. The van der Waals surface area contributed by atoms with Gasteiger partial charge in [0, 0.05) is 0 Å². The number of unbranched alkanes of at least 4 members (excludes halogenated alkanes) is 1. The predicted molar refractivity (Wildman–Crippen MR) is 109 cm³/mol. The van der Waals surface area contributed by atoms with Crippen molar-refractivity contribution in [3.63, 3.8) is 0 Å². The summed E-state index contributed by atoms with van der Waals surface area (Å²) in [5.41, 5.74) is 0. The minimum absolute atomic E-state index is 0.285. The van der Waals surface area contributed by atoms with E-state index in [1.54, 1.807) is 89.6 Å². The van der Waals surface area contributed by atoms with Crippen LogP contribution in [0.25, 0.3) is 0 Å². The molecule has 8 aliphatic rings. The number of rotatable bonds is 5. The molecule has 0 aromatic heterocycles. The second kappa shape index (κ2) is 5.72. The highest BCUT2D eigenvalue weighted by Crippen LogP contribution is 2.78. The summed E-state index contributed by atoms with van der Waals surface area (Å²) in [5.74, 6) is 6.95. The van der Waals surface area contributed by atoms with Gasteiger partial charge in [-0.25, -0.2) is 0 Å². The molecule has 0 aromatic rings. The fourth-order valence-corrected chi connectivity index (χ4v) is 15.5. The summed E-state index contributed by atoms with van der Waals surface area (Å²) in [4.78, 5) is 0. The third-order valence-electron chi connectivity index (χ3n) is 9.89. The molecule has 140 valence electrons. The van der Waals surface area contributed by atoms with Crippen molar-refractivity contribution in [1.82, 2.24) is 0 Å². The van der Waals surface area contributed by atoms with E-state index < -0.39 is 0 Å². The highest BCUT2D eigenvalue weighted by atomic mass is 31.1. The number of hydrogen-bond acceptors (Lipinski definition) is 0. The van der Waals surface area contributed by atoms with Gasteiger partial charge >= 0.3 is 0 Å². The Morgan fingerprint density at radius 1 is 0.600 bits per heavy atom. The molecule has 0 unspecified atom stereocenters. The van der Waals surface area contributed by atoms with Crippen LogP contribution in [0.2, 0.25) is 0 Å². The second-order valence-corrected chi connectivity index (χ2v) is 15.0. The van der Waals surface area contributed by atoms with E-state index in [1.807, 2.05) is 0 Å². The zero-order chi connectivity index (χ0) is 16.6. The highest BCUT2D eigenvalue weighted by molar-refractivity contribution is 7.61. The van der Waals surface area contributed by atoms with E-state index in [2.05, 4.69) is 6.92 Å². The van der Waals surface area contributed by atoms with Crippen LogP contribution >= 0.6 is 7.92 Å². The first-order valence-electron chi connectivity index (χ1n) is 11.9. The summed E-state index contributed by atoms with van der Waals surface area (Å²) in [6.07, 6.45) is 24.6. The van der Waals surface area contributed by atoms with Crippen molar-refractivity contribution in [3.8, 4) is 0 Å². The van der Waals surface area contributed by atoms with Gasteiger partial charge in [-0.3, -0.25) is 0 Å². The molecule has 0 aromatic carbocycles. The second-order valence-electron chi connectivity index (χ2n) is 11.8. The first-order valence-corrected chi connectivity index (χ1v) is 13.5. The van der Waals surface area contributed by atoms with E-state index in [0.29, 0.717) is 0 Å². The van der Waals surface area contributed by atoms with Gasteiger partial charge in [0.15, 0.2) is 0 Å². The summed E-state index contributed by atoms with van der Waals surface area (Å²) in [6.45, 7) is 2.45. The minimum Gasteiger partial charge on any atom is -0.0939 e. The molecule has 0 aliphatic heterocycles. The monoisotopic (exact) mass is 358 g/mol. The predicted octanol–water partition coefficient (Wildman–Crippen LogP) is 7.21. The molecular formula is C24H39P. The standard InChI is InChI=1S/C24H39P/c1-2-3-4-25(23-11-17-5-18(12-23)7-19(6-17)13-23)24-14-20-8-21(15-24)10-22(9-20)16-24/h17-22H,2-16H2,1H3/t17-,18+,19-,20-,21+,22?,23-,24-,25?. The first kappa shape index (κ1) is 16.4. The van der Waals surface area contributed by atoms with E-state index in [-0.39, 0.29) is 7.92 Å². The molecule has 0 nitrogen and oxygen atoms in total. The van der Waals surface area contributed by atoms with Gasteiger partial charge in [-0.2, -0.15) is 0 Å². The van der Waals surface area contributed by atoms with Crippen molar-refractivity contribution >= 4 is 7.92 Å². The fourth-order valence-electron chi connectivity index (χ4n) is 10.1. The summed E-state index contributed by atoms with van der Waals surface area (Å²) < 4.78 is 0. The van der Waals surface area contributed by atoms with Crippen LogP contribution in [0.4, 0.5) is 0 Å². The van der Waals surface area contributed by atoms with Crippen molar-refractivity contribution in [1.29, 1.82) is 0 Å². The molecule has 8 bridgehead atoms. The first-order chi connectivity index (χ1) is 12.2. The molecule has 8 fully saturated rings. The normalized spacial score (nSPS) is 56.5. The van der Waals surface area contributed by atoms with Crippen LogP contribution in [0, 0.1) is 35.5 Å². The molecule has 0 radical (unpaired) electrons. The smallest absolute Gasteiger partial charge is 0.00815 e. The van der Waals surface area contributed by atoms with E-state index in [4.69, 9.17) is 0 Å². The van der Waals surface area contributed by atoms with E-state index >= 15 is 0 Å². The quantitative estimate of drug-likeness (QED) is 0.456. The third kappa shape index (κ3) is 2.48. The lowest BCUT2D eigenvalue weighted by Crippen LogP contribution is -2.56. The van der Waals surface area contributed by atoms with Crippen LogP contribution in [-0.4, -0.2) is 16.5 Å². The highest BCUT2D eigenvalue weighted by Gasteiger charge is 2.62. The van der Waals surface area contributed by atoms with Gasteiger partial charge in [0.1, 0.15) is 0 Å². The van der Waals surface area contributed by atoms with Gasteiger partial charge in [-0.1, -0.05) is 21.3 Å². The van der Waals surface area contributed by atoms with Crippen LogP contribution in [0.5, 0.6) is 0 Å². The van der Waals surface area contributed by atoms with Crippen molar-refractivity contribution in [2.75, 3.05) is 6.16 Å². The van der Waals surface area contributed by atoms with Gasteiger partial charge < -0.3 is 0 Å². The molecular weight excluding hydrogens is 319 g/mol. The Morgan fingerprint density at radius 3 is 1.20 bits per heavy atom. The lowest BCUT2D eigenvalue weighted by Gasteiger charge is -2.67. The Morgan fingerprint density at radius 2 is 0.920 bits per heavy atom. The lowest BCUT2D eigenvalue weighted by molar-refractivity contribution is 0.0185. The van der Waals surface area contributed by atoms with Crippen LogP contribution < -0.4 is 0 Å². The number of hydrogen-bond donors (Lipinski definition) is 0. The van der Waals surface area contributed by atoms with E-state index in [1.165, 1.54) is 6.42 Å². The summed E-state index contributed by atoms with van der Waals surface area (Å²) in [5, 5.41) is 1.76. The van der Waals surface area contributed by atoms with Gasteiger partial charge in [-0.15, -0.1) is 0 Å². The topological polar surface area (TPSA) is 0 Å². The molecule has 0 atom stereocenters. The van der Waals surface area contributed by atoms with Gasteiger partial charge in [0.25, 0.3) is 0 Å². The van der Waals surface area contributed by atoms with Gasteiger partial charge in [0.05, 0.1) is 0 Å². The fraction of sp³-hybridized carbons (Fsp3) is 1.00. The Kier molecular flexibility index (Phi) is 3.75.